The number of aromatic nitrogens is 2. The SMILES string of the molecule is C/C(=C\Cl)Cn1cc(N)c(C(=O)O)n1. The molecule has 0 aromatic carbocycles. The van der Waals surface area contributed by atoms with E-state index in [0.717, 1.165) is 5.57 Å². The van der Waals surface area contributed by atoms with Crippen molar-refractivity contribution in [1.82, 2.24) is 9.78 Å². The summed E-state index contributed by atoms with van der Waals surface area (Å²) in [7, 11) is 0. The topological polar surface area (TPSA) is 81.1 Å². The van der Waals surface area contributed by atoms with Crippen molar-refractivity contribution in [2.45, 2.75) is 13.5 Å². The second kappa shape index (κ2) is 4.15. The molecular weight excluding hydrogens is 206 g/mol. The number of halogens is 1. The van der Waals surface area contributed by atoms with Crippen LogP contribution in [-0.4, -0.2) is 20.9 Å². The average molecular weight is 216 g/mol. The smallest absolute Gasteiger partial charge is 0.358 e. The number of nitrogens with two attached hydrogens (primary N) is 1. The zero-order valence-corrected chi connectivity index (χ0v) is 8.32. The van der Waals surface area contributed by atoms with Gasteiger partial charge in [0, 0.05) is 11.7 Å². The number of hydrogen-bond donors (Lipinski definition) is 2. The van der Waals surface area contributed by atoms with Crippen LogP contribution >= 0.6 is 11.6 Å². The van der Waals surface area contributed by atoms with Crippen LogP contribution in [0.5, 0.6) is 0 Å². The van der Waals surface area contributed by atoms with Crippen LogP contribution in [0.1, 0.15) is 17.4 Å². The molecule has 0 radical (unpaired) electrons. The van der Waals surface area contributed by atoms with Crippen LogP contribution < -0.4 is 5.73 Å². The van der Waals surface area contributed by atoms with Crippen molar-refractivity contribution >= 4 is 23.3 Å². The molecule has 5 nitrogen and oxygen atoms in total. The Morgan fingerprint density at radius 3 is 2.93 bits per heavy atom. The number of allylic oxidation sites excluding steroid dienone is 1. The van der Waals surface area contributed by atoms with E-state index in [-0.39, 0.29) is 11.4 Å². The lowest BCUT2D eigenvalue weighted by molar-refractivity contribution is 0.0690. The van der Waals surface area contributed by atoms with E-state index in [1.54, 1.807) is 0 Å². The second-order valence-corrected chi connectivity index (χ2v) is 3.11. The largest absolute Gasteiger partial charge is 0.476 e. The Morgan fingerprint density at radius 1 is 1.86 bits per heavy atom. The predicted octanol–water partition coefficient (Wildman–Crippen LogP) is 1.31. The van der Waals surface area contributed by atoms with Gasteiger partial charge in [-0.15, -0.1) is 0 Å². The molecule has 1 rings (SSSR count). The van der Waals surface area contributed by atoms with E-state index in [1.807, 2.05) is 6.92 Å². The quantitative estimate of drug-likeness (QED) is 0.797. The first-order chi connectivity index (χ1) is 6.54. The summed E-state index contributed by atoms with van der Waals surface area (Å²) >= 11 is 5.46. The van der Waals surface area contributed by atoms with E-state index in [0.29, 0.717) is 6.54 Å². The molecule has 0 fully saturated rings. The van der Waals surface area contributed by atoms with Gasteiger partial charge in [-0.2, -0.15) is 5.10 Å². The van der Waals surface area contributed by atoms with Crippen molar-refractivity contribution in [2.24, 2.45) is 0 Å². The van der Waals surface area contributed by atoms with E-state index < -0.39 is 5.97 Å². The lowest BCUT2D eigenvalue weighted by atomic mass is 10.3. The van der Waals surface area contributed by atoms with Gasteiger partial charge in [-0.1, -0.05) is 11.6 Å². The number of rotatable bonds is 3. The zero-order valence-electron chi connectivity index (χ0n) is 7.57. The van der Waals surface area contributed by atoms with Gasteiger partial charge in [0.1, 0.15) is 0 Å². The minimum atomic E-state index is -1.13. The molecule has 0 saturated heterocycles. The zero-order chi connectivity index (χ0) is 10.7. The van der Waals surface area contributed by atoms with Crippen LogP contribution in [0.3, 0.4) is 0 Å². The van der Waals surface area contributed by atoms with Gasteiger partial charge < -0.3 is 10.8 Å². The normalized spacial score (nSPS) is 11.7. The Bertz CT molecular complexity index is 384. The molecule has 0 atom stereocenters. The summed E-state index contributed by atoms with van der Waals surface area (Å²) in [5.74, 6) is -1.13. The van der Waals surface area contributed by atoms with Gasteiger partial charge in [0.15, 0.2) is 5.69 Å². The highest BCUT2D eigenvalue weighted by molar-refractivity contribution is 6.25. The number of hydrogen-bond acceptors (Lipinski definition) is 3. The van der Waals surface area contributed by atoms with E-state index in [1.165, 1.54) is 16.4 Å². The summed E-state index contributed by atoms with van der Waals surface area (Å²) in [6.07, 6.45) is 1.47. The fraction of sp³-hybridized carbons (Fsp3) is 0.250. The minimum Gasteiger partial charge on any atom is -0.476 e. The highest BCUT2D eigenvalue weighted by Gasteiger charge is 2.12. The van der Waals surface area contributed by atoms with Crippen LogP contribution in [0, 0.1) is 0 Å². The first kappa shape index (κ1) is 10.6. The van der Waals surface area contributed by atoms with Gasteiger partial charge in [-0.3, -0.25) is 4.68 Å². The molecule has 1 heterocycles. The maximum absolute atomic E-state index is 10.6. The van der Waals surface area contributed by atoms with Crippen molar-refractivity contribution in [3.05, 3.63) is 23.0 Å². The summed E-state index contributed by atoms with van der Waals surface area (Å²) in [4.78, 5) is 10.6. The lowest BCUT2D eigenvalue weighted by Gasteiger charge is -1.98. The number of carboxylic acid groups (broad SMARTS) is 1. The number of anilines is 1. The van der Waals surface area contributed by atoms with Gasteiger partial charge in [0.05, 0.1) is 12.2 Å². The highest BCUT2D eigenvalue weighted by Crippen LogP contribution is 2.10. The second-order valence-electron chi connectivity index (χ2n) is 2.89. The number of nitrogen functional groups attached to an aromatic ring is 1. The van der Waals surface area contributed by atoms with Crippen molar-refractivity contribution < 1.29 is 9.90 Å². The van der Waals surface area contributed by atoms with Crippen LogP contribution in [0.15, 0.2) is 17.3 Å². The van der Waals surface area contributed by atoms with E-state index in [9.17, 15) is 4.79 Å². The Balaban J connectivity index is 2.92. The Kier molecular flexibility index (Phi) is 3.14. The molecule has 76 valence electrons. The lowest BCUT2D eigenvalue weighted by Crippen LogP contribution is -2.04. The number of aromatic carboxylic acids is 1. The third-order valence-corrected chi connectivity index (χ3v) is 1.96. The molecule has 0 unspecified atom stereocenters. The Labute approximate surface area is 85.8 Å². The van der Waals surface area contributed by atoms with Crippen LogP contribution in [-0.2, 0) is 6.54 Å². The van der Waals surface area contributed by atoms with Gasteiger partial charge in [-0.05, 0) is 12.5 Å². The molecular formula is C8H10ClN3O2. The first-order valence-electron chi connectivity index (χ1n) is 3.86. The molecule has 0 aliphatic carbocycles. The highest BCUT2D eigenvalue weighted by atomic mass is 35.5. The Hall–Kier alpha value is -1.49. The Morgan fingerprint density at radius 2 is 2.50 bits per heavy atom. The molecule has 0 spiro atoms. The fourth-order valence-electron chi connectivity index (χ4n) is 0.974. The molecule has 1 aromatic heterocycles. The molecule has 6 heteroatoms. The van der Waals surface area contributed by atoms with Crippen LogP contribution in [0.25, 0.3) is 0 Å². The number of carbonyl (C=O) groups is 1. The van der Waals surface area contributed by atoms with Crippen molar-refractivity contribution in [2.75, 3.05) is 5.73 Å². The summed E-state index contributed by atoms with van der Waals surface area (Å²) in [6.45, 7) is 2.24. The van der Waals surface area contributed by atoms with Gasteiger partial charge >= 0.3 is 5.97 Å². The van der Waals surface area contributed by atoms with E-state index in [4.69, 9.17) is 22.4 Å². The summed E-state index contributed by atoms with van der Waals surface area (Å²) in [6, 6.07) is 0. The maximum atomic E-state index is 10.6. The third kappa shape index (κ3) is 2.26. The average Bonchev–Trinajstić information content (AvgIpc) is 2.46. The molecule has 1 aromatic rings. The van der Waals surface area contributed by atoms with Crippen molar-refractivity contribution in [3.8, 4) is 0 Å². The molecule has 0 amide bonds. The van der Waals surface area contributed by atoms with Crippen LogP contribution in [0.2, 0.25) is 0 Å². The number of nitrogens with zero attached hydrogens (tertiary/aromatic N) is 2. The maximum Gasteiger partial charge on any atom is 0.358 e. The molecule has 0 aliphatic heterocycles. The van der Waals surface area contributed by atoms with Gasteiger partial charge in [0.25, 0.3) is 0 Å². The fourth-order valence-corrected chi connectivity index (χ4v) is 1.04. The molecule has 0 bridgehead atoms. The summed E-state index contributed by atoms with van der Waals surface area (Å²) in [5.41, 5.74) is 7.75. The molecule has 14 heavy (non-hydrogen) atoms. The van der Waals surface area contributed by atoms with Crippen LogP contribution in [0.4, 0.5) is 5.69 Å². The minimum absolute atomic E-state index is 0.132. The van der Waals surface area contributed by atoms with E-state index in [2.05, 4.69) is 5.10 Å². The van der Waals surface area contributed by atoms with E-state index >= 15 is 0 Å². The first-order valence-corrected chi connectivity index (χ1v) is 4.30. The van der Waals surface area contributed by atoms with Crippen molar-refractivity contribution in [3.63, 3.8) is 0 Å². The third-order valence-electron chi connectivity index (χ3n) is 1.59. The monoisotopic (exact) mass is 215 g/mol. The molecule has 0 aliphatic rings. The molecule has 3 N–H and O–H groups in total. The standard InChI is InChI=1S/C8H10ClN3O2/c1-5(2-9)3-12-4-6(10)7(11-12)8(13)14/h2,4H,3,10H2,1H3,(H,13,14)/b5-2+. The summed E-state index contributed by atoms with van der Waals surface area (Å²) in [5, 5.41) is 12.5. The van der Waals surface area contributed by atoms with Gasteiger partial charge in [-0.25, -0.2) is 4.79 Å². The van der Waals surface area contributed by atoms with Gasteiger partial charge in [0.2, 0.25) is 0 Å². The predicted molar refractivity (Wildman–Crippen MR) is 53.2 cm³/mol. The summed E-state index contributed by atoms with van der Waals surface area (Å²) < 4.78 is 1.44. The van der Waals surface area contributed by atoms with Crippen molar-refractivity contribution in [1.29, 1.82) is 0 Å². The molecule has 0 saturated carbocycles. The number of carboxylic acids is 1.